The summed E-state index contributed by atoms with van der Waals surface area (Å²) in [6.45, 7) is 0. The second-order valence-corrected chi connectivity index (χ2v) is 8.03. The molecule has 1 atom stereocenters. The number of aliphatic hydroxyl groups excluding tert-OH is 1. The summed E-state index contributed by atoms with van der Waals surface area (Å²) in [4.78, 5) is 17.1. The van der Waals surface area contributed by atoms with Crippen molar-refractivity contribution in [3.63, 3.8) is 0 Å². The monoisotopic (exact) mass is 366 g/mol. The Labute approximate surface area is 156 Å². The van der Waals surface area contributed by atoms with Crippen molar-refractivity contribution in [1.82, 2.24) is 10.3 Å². The predicted octanol–water partition coefficient (Wildman–Crippen LogP) is 3.86. The zero-order valence-electron chi connectivity index (χ0n) is 14.5. The minimum Gasteiger partial charge on any atom is -0.393 e. The van der Waals surface area contributed by atoms with Gasteiger partial charge in [0.2, 0.25) is 5.91 Å². The number of nitrogens with one attached hydrogen (secondary N) is 1. The minimum absolute atomic E-state index is 0.0255. The van der Waals surface area contributed by atoms with E-state index in [9.17, 15) is 9.90 Å². The Morgan fingerprint density at radius 2 is 1.88 bits per heavy atom. The molecule has 1 fully saturated rings. The van der Waals surface area contributed by atoms with Crippen LogP contribution in [0.15, 0.2) is 54.6 Å². The van der Waals surface area contributed by atoms with Gasteiger partial charge in [-0.1, -0.05) is 42.5 Å². The highest BCUT2D eigenvalue weighted by atomic mass is 32.1. The maximum atomic E-state index is 12.5. The van der Waals surface area contributed by atoms with Crippen LogP contribution in [0.2, 0.25) is 0 Å². The molecule has 0 aliphatic heterocycles. The molecule has 4 rings (SSSR count). The lowest BCUT2D eigenvalue weighted by atomic mass is 9.75. The predicted molar refractivity (Wildman–Crippen MR) is 104 cm³/mol. The van der Waals surface area contributed by atoms with E-state index in [0.717, 1.165) is 33.6 Å². The Kier molecular flexibility index (Phi) is 5.00. The number of aliphatic hydroxyl groups is 1. The number of aryl methyl sites for hydroxylation is 1. The van der Waals surface area contributed by atoms with Crippen molar-refractivity contribution in [2.24, 2.45) is 5.92 Å². The molecule has 2 aromatic carbocycles. The van der Waals surface area contributed by atoms with E-state index in [-0.39, 0.29) is 18.1 Å². The molecule has 0 radical (unpaired) electrons. The van der Waals surface area contributed by atoms with Gasteiger partial charge in [0.05, 0.1) is 27.4 Å². The third-order valence-corrected chi connectivity index (χ3v) is 6.10. The van der Waals surface area contributed by atoms with Crippen LogP contribution >= 0.6 is 11.3 Å². The average molecular weight is 366 g/mol. The maximum Gasteiger partial charge on any atom is 0.220 e. The van der Waals surface area contributed by atoms with E-state index in [1.807, 2.05) is 48.5 Å². The Hall–Kier alpha value is -2.24. The standard InChI is InChI=1S/C21H22N2O2S/c24-16-12-15(13-16)21(14-6-2-1-3-7-14)23-19(25)10-11-20-22-17-8-4-5-9-18(17)26-20/h1-9,15-16,21,24H,10-13H2,(H,23,25). The summed E-state index contributed by atoms with van der Waals surface area (Å²) < 4.78 is 1.16. The number of amides is 1. The van der Waals surface area contributed by atoms with Crippen LogP contribution < -0.4 is 5.32 Å². The highest BCUT2D eigenvalue weighted by molar-refractivity contribution is 7.18. The van der Waals surface area contributed by atoms with Crippen LogP contribution in [0.1, 0.15) is 35.9 Å². The molecule has 4 nitrogen and oxygen atoms in total. The molecule has 3 aromatic rings. The van der Waals surface area contributed by atoms with Gasteiger partial charge in [0.25, 0.3) is 0 Å². The molecule has 1 aliphatic rings. The number of benzene rings is 2. The van der Waals surface area contributed by atoms with Crippen molar-refractivity contribution in [2.75, 3.05) is 0 Å². The fourth-order valence-electron chi connectivity index (χ4n) is 3.53. The lowest BCUT2D eigenvalue weighted by Gasteiger charge is -2.38. The molecule has 1 heterocycles. The van der Waals surface area contributed by atoms with Crippen LogP contribution in [-0.4, -0.2) is 22.1 Å². The normalized spacial score (nSPS) is 20.5. The quantitative estimate of drug-likeness (QED) is 0.696. The van der Waals surface area contributed by atoms with Gasteiger partial charge in [-0.05, 0) is 36.5 Å². The van der Waals surface area contributed by atoms with E-state index < -0.39 is 0 Å². The van der Waals surface area contributed by atoms with E-state index in [1.54, 1.807) is 11.3 Å². The molecule has 1 aromatic heterocycles. The van der Waals surface area contributed by atoms with Crippen LogP contribution in [0.3, 0.4) is 0 Å². The van der Waals surface area contributed by atoms with Crippen molar-refractivity contribution in [1.29, 1.82) is 0 Å². The molecular formula is C21H22N2O2S. The number of thiazole rings is 1. The van der Waals surface area contributed by atoms with Crippen LogP contribution in [0.5, 0.6) is 0 Å². The number of carbonyl (C=O) groups is 1. The second-order valence-electron chi connectivity index (χ2n) is 6.92. The second kappa shape index (κ2) is 7.56. The SMILES string of the molecule is O=C(CCc1nc2ccccc2s1)NC(c1ccccc1)C1CC(O)C1. The van der Waals surface area contributed by atoms with Crippen LogP contribution in [-0.2, 0) is 11.2 Å². The number of nitrogens with zero attached hydrogens (tertiary/aromatic N) is 1. The topological polar surface area (TPSA) is 62.2 Å². The highest BCUT2D eigenvalue weighted by Gasteiger charge is 2.35. The summed E-state index contributed by atoms with van der Waals surface area (Å²) in [5, 5.41) is 13.8. The first-order valence-electron chi connectivity index (χ1n) is 9.06. The molecule has 134 valence electrons. The first-order valence-corrected chi connectivity index (χ1v) is 9.87. The molecule has 0 spiro atoms. The Balaban J connectivity index is 1.40. The van der Waals surface area contributed by atoms with Gasteiger partial charge in [0, 0.05) is 12.8 Å². The number of rotatable bonds is 6. The van der Waals surface area contributed by atoms with Crippen molar-refractivity contribution >= 4 is 27.5 Å². The molecule has 1 aliphatic carbocycles. The van der Waals surface area contributed by atoms with Gasteiger partial charge < -0.3 is 10.4 Å². The van der Waals surface area contributed by atoms with Crippen LogP contribution in [0, 0.1) is 5.92 Å². The first-order chi connectivity index (χ1) is 12.7. The molecule has 0 saturated heterocycles. The molecular weight excluding hydrogens is 344 g/mol. The van der Waals surface area contributed by atoms with Crippen LogP contribution in [0.4, 0.5) is 0 Å². The number of para-hydroxylation sites is 1. The summed E-state index contributed by atoms with van der Waals surface area (Å²) in [5.41, 5.74) is 2.11. The van der Waals surface area contributed by atoms with Crippen molar-refractivity contribution < 1.29 is 9.90 Å². The summed E-state index contributed by atoms with van der Waals surface area (Å²) in [5.74, 6) is 0.346. The lowest BCUT2D eigenvalue weighted by Crippen LogP contribution is -2.41. The fourth-order valence-corrected chi connectivity index (χ4v) is 4.50. The van der Waals surface area contributed by atoms with Gasteiger partial charge in [0.1, 0.15) is 0 Å². The van der Waals surface area contributed by atoms with Gasteiger partial charge in [-0.15, -0.1) is 11.3 Å². The Morgan fingerprint density at radius 3 is 2.62 bits per heavy atom. The number of hydrogen-bond acceptors (Lipinski definition) is 4. The fraction of sp³-hybridized carbons (Fsp3) is 0.333. The Bertz CT molecular complexity index is 854. The molecule has 26 heavy (non-hydrogen) atoms. The third kappa shape index (κ3) is 3.79. The van der Waals surface area contributed by atoms with E-state index in [0.29, 0.717) is 18.8 Å². The van der Waals surface area contributed by atoms with Crippen molar-refractivity contribution in [2.45, 2.75) is 37.8 Å². The Morgan fingerprint density at radius 1 is 1.15 bits per heavy atom. The van der Waals surface area contributed by atoms with Gasteiger partial charge in [-0.3, -0.25) is 4.79 Å². The average Bonchev–Trinajstić information content (AvgIpc) is 3.06. The zero-order valence-corrected chi connectivity index (χ0v) is 15.3. The van der Waals surface area contributed by atoms with E-state index in [4.69, 9.17) is 0 Å². The molecule has 5 heteroatoms. The van der Waals surface area contributed by atoms with Gasteiger partial charge in [-0.2, -0.15) is 0 Å². The number of aromatic nitrogens is 1. The molecule has 2 N–H and O–H groups in total. The lowest BCUT2D eigenvalue weighted by molar-refractivity contribution is -0.123. The number of fused-ring (bicyclic) bond motifs is 1. The number of carbonyl (C=O) groups excluding carboxylic acids is 1. The highest BCUT2D eigenvalue weighted by Crippen LogP contribution is 2.38. The zero-order chi connectivity index (χ0) is 17.9. The molecule has 0 bridgehead atoms. The summed E-state index contributed by atoms with van der Waals surface area (Å²) in [6, 6.07) is 18.1. The van der Waals surface area contributed by atoms with Crippen LogP contribution in [0.25, 0.3) is 10.2 Å². The maximum absolute atomic E-state index is 12.5. The van der Waals surface area contributed by atoms with Crippen molar-refractivity contribution in [3.05, 3.63) is 65.2 Å². The largest absolute Gasteiger partial charge is 0.393 e. The van der Waals surface area contributed by atoms with Gasteiger partial charge in [0.15, 0.2) is 0 Å². The third-order valence-electron chi connectivity index (χ3n) is 5.00. The molecule has 1 saturated carbocycles. The van der Waals surface area contributed by atoms with E-state index in [2.05, 4.69) is 16.4 Å². The molecule has 1 unspecified atom stereocenters. The van der Waals surface area contributed by atoms with E-state index >= 15 is 0 Å². The summed E-state index contributed by atoms with van der Waals surface area (Å²) in [6.07, 6.45) is 2.35. The first kappa shape index (κ1) is 17.2. The minimum atomic E-state index is -0.231. The summed E-state index contributed by atoms with van der Waals surface area (Å²) in [7, 11) is 0. The summed E-state index contributed by atoms with van der Waals surface area (Å²) >= 11 is 1.65. The van der Waals surface area contributed by atoms with Gasteiger partial charge >= 0.3 is 0 Å². The van der Waals surface area contributed by atoms with E-state index in [1.165, 1.54) is 0 Å². The smallest absolute Gasteiger partial charge is 0.220 e. The number of hydrogen-bond donors (Lipinski definition) is 2. The van der Waals surface area contributed by atoms with Crippen molar-refractivity contribution in [3.8, 4) is 0 Å². The molecule has 1 amide bonds. The van der Waals surface area contributed by atoms with Gasteiger partial charge in [-0.25, -0.2) is 4.98 Å².